The molecule has 0 rings (SSSR count). The molecule has 0 aliphatic carbocycles. The number of carbonyl (C=O) groups excluding carboxylic acids is 2. The van der Waals surface area contributed by atoms with Crippen LogP contribution >= 0.6 is 0 Å². The summed E-state index contributed by atoms with van der Waals surface area (Å²) in [5, 5.41) is 9.18. The molecule has 0 radical (unpaired) electrons. The van der Waals surface area contributed by atoms with Crippen LogP contribution in [0.3, 0.4) is 0 Å². The van der Waals surface area contributed by atoms with Crippen LogP contribution in [-0.2, 0) is 19.0 Å². The van der Waals surface area contributed by atoms with Gasteiger partial charge >= 0.3 is 12.1 Å². The highest BCUT2D eigenvalue weighted by Crippen LogP contribution is 1.95. The molecule has 0 saturated heterocycles. The molecular weight excluding hydrogens is 204 g/mol. The molecule has 0 aliphatic heterocycles. The molecule has 86 valence electrons. The average molecular weight is 218 g/mol. The largest absolute Gasteiger partial charge is 0.508 e. The Hall–Kier alpha value is -1.56. The van der Waals surface area contributed by atoms with E-state index in [0.29, 0.717) is 0 Å². The molecule has 0 amide bonds. The second-order valence-electron chi connectivity index (χ2n) is 2.80. The molecule has 0 aliphatic rings. The fourth-order valence-corrected chi connectivity index (χ4v) is 0.566. The predicted octanol–water partition coefficient (Wildman–Crippen LogP) is 0.250. The summed E-state index contributed by atoms with van der Waals surface area (Å²) < 4.78 is 13.2. The molecule has 0 aromatic carbocycles. The Kier molecular flexibility index (Phi) is 6.12. The van der Waals surface area contributed by atoms with Gasteiger partial charge in [-0.3, -0.25) is 0 Å². The highest BCUT2D eigenvalue weighted by molar-refractivity contribution is 5.86. The maximum atomic E-state index is 10.9. The van der Waals surface area contributed by atoms with Crippen LogP contribution in [-0.4, -0.2) is 43.7 Å². The Balaban J connectivity index is 3.66. The van der Waals surface area contributed by atoms with Gasteiger partial charge in [-0.25, -0.2) is 9.59 Å². The number of aliphatic hydroxyl groups is 1. The van der Waals surface area contributed by atoms with E-state index in [-0.39, 0.29) is 18.8 Å². The van der Waals surface area contributed by atoms with Gasteiger partial charge in [0, 0.05) is 5.57 Å². The van der Waals surface area contributed by atoms with Crippen LogP contribution in [0.4, 0.5) is 4.79 Å². The number of esters is 1. The van der Waals surface area contributed by atoms with Gasteiger partial charge in [-0.15, -0.1) is 0 Å². The fourth-order valence-electron chi connectivity index (χ4n) is 0.566. The minimum Gasteiger partial charge on any atom is -0.459 e. The number of hydrogen-bond acceptors (Lipinski definition) is 6. The number of aliphatic hydroxyl groups excluding tert-OH is 1. The van der Waals surface area contributed by atoms with Crippen LogP contribution < -0.4 is 0 Å². The Morgan fingerprint density at radius 3 is 2.33 bits per heavy atom. The van der Waals surface area contributed by atoms with Crippen molar-refractivity contribution in [3.63, 3.8) is 0 Å². The minimum atomic E-state index is -1.08. The first kappa shape index (κ1) is 13.4. The summed E-state index contributed by atoms with van der Waals surface area (Å²) in [7, 11) is 1.15. The fraction of sp³-hybridized carbons (Fsp3) is 0.556. The zero-order valence-electron chi connectivity index (χ0n) is 8.69. The molecule has 0 bridgehead atoms. The van der Waals surface area contributed by atoms with E-state index in [9.17, 15) is 14.7 Å². The Bertz CT molecular complexity index is 247. The molecule has 6 heteroatoms. The Morgan fingerprint density at radius 2 is 1.87 bits per heavy atom. The predicted molar refractivity (Wildman–Crippen MR) is 50.1 cm³/mol. The first-order valence-corrected chi connectivity index (χ1v) is 4.18. The van der Waals surface area contributed by atoms with E-state index in [0.717, 1.165) is 7.11 Å². The first-order valence-electron chi connectivity index (χ1n) is 4.18. The molecular formula is C9H14O6. The number of carbonyl (C=O) groups is 2. The smallest absolute Gasteiger partial charge is 0.459 e. The molecule has 6 nitrogen and oxygen atoms in total. The standard InChI is InChI=1S/C9H14O6/c1-6(2)8(11)14-4-7(10)5-15-9(12)13-3/h7,10H,1,4-5H2,2-3H3. The second-order valence-corrected chi connectivity index (χ2v) is 2.80. The topological polar surface area (TPSA) is 82.1 Å². The zero-order chi connectivity index (χ0) is 11.8. The van der Waals surface area contributed by atoms with E-state index in [2.05, 4.69) is 20.8 Å². The molecule has 15 heavy (non-hydrogen) atoms. The zero-order valence-corrected chi connectivity index (χ0v) is 8.69. The van der Waals surface area contributed by atoms with Gasteiger partial charge in [0.15, 0.2) is 0 Å². The van der Waals surface area contributed by atoms with Crippen molar-refractivity contribution < 1.29 is 28.9 Å². The van der Waals surface area contributed by atoms with Gasteiger partial charge in [0.25, 0.3) is 0 Å². The summed E-state index contributed by atoms with van der Waals surface area (Å²) in [5.74, 6) is -0.605. The molecule has 0 heterocycles. The molecule has 1 atom stereocenters. The van der Waals surface area contributed by atoms with Gasteiger partial charge in [0.05, 0.1) is 7.11 Å². The van der Waals surface area contributed by atoms with Crippen molar-refractivity contribution in [2.45, 2.75) is 13.0 Å². The van der Waals surface area contributed by atoms with E-state index in [1.165, 1.54) is 6.92 Å². The van der Waals surface area contributed by atoms with Crippen LogP contribution in [0.1, 0.15) is 6.92 Å². The summed E-state index contributed by atoms with van der Waals surface area (Å²) in [6.07, 6.45) is -1.98. The molecule has 0 aromatic heterocycles. The summed E-state index contributed by atoms with van der Waals surface area (Å²) >= 11 is 0. The number of hydrogen-bond donors (Lipinski definition) is 1. The van der Waals surface area contributed by atoms with Crippen molar-refractivity contribution in [1.29, 1.82) is 0 Å². The van der Waals surface area contributed by atoms with Gasteiger partial charge in [-0.2, -0.15) is 0 Å². The number of rotatable bonds is 5. The van der Waals surface area contributed by atoms with Crippen LogP contribution in [0.15, 0.2) is 12.2 Å². The van der Waals surface area contributed by atoms with E-state index < -0.39 is 18.2 Å². The lowest BCUT2D eigenvalue weighted by Gasteiger charge is -2.10. The minimum absolute atomic E-state index is 0.232. The van der Waals surface area contributed by atoms with Gasteiger partial charge in [-0.1, -0.05) is 6.58 Å². The van der Waals surface area contributed by atoms with Crippen molar-refractivity contribution in [2.24, 2.45) is 0 Å². The monoisotopic (exact) mass is 218 g/mol. The lowest BCUT2D eigenvalue weighted by Crippen LogP contribution is -2.25. The van der Waals surface area contributed by atoms with Crippen molar-refractivity contribution in [1.82, 2.24) is 0 Å². The van der Waals surface area contributed by atoms with Gasteiger partial charge in [0.2, 0.25) is 0 Å². The Labute approximate surface area is 87.4 Å². The molecule has 1 N–H and O–H groups in total. The van der Waals surface area contributed by atoms with E-state index >= 15 is 0 Å². The van der Waals surface area contributed by atoms with Crippen LogP contribution in [0, 0.1) is 0 Å². The van der Waals surface area contributed by atoms with Crippen molar-refractivity contribution in [2.75, 3.05) is 20.3 Å². The number of ether oxygens (including phenoxy) is 3. The second kappa shape index (κ2) is 6.83. The lowest BCUT2D eigenvalue weighted by molar-refractivity contribution is -0.142. The third kappa shape index (κ3) is 6.50. The molecule has 0 saturated carbocycles. The molecule has 0 aromatic rings. The Morgan fingerprint density at radius 1 is 1.33 bits per heavy atom. The third-order valence-corrected chi connectivity index (χ3v) is 1.32. The highest BCUT2D eigenvalue weighted by Gasteiger charge is 2.11. The van der Waals surface area contributed by atoms with Crippen LogP contribution in [0.5, 0.6) is 0 Å². The molecule has 1 unspecified atom stereocenters. The summed E-state index contributed by atoms with van der Waals surface area (Å²) in [6.45, 7) is 4.29. The van der Waals surface area contributed by atoms with E-state index in [1.807, 2.05) is 0 Å². The van der Waals surface area contributed by atoms with E-state index in [4.69, 9.17) is 0 Å². The molecule has 0 fully saturated rings. The third-order valence-electron chi connectivity index (χ3n) is 1.32. The van der Waals surface area contributed by atoms with Crippen LogP contribution in [0.2, 0.25) is 0 Å². The maximum absolute atomic E-state index is 10.9. The molecule has 0 spiro atoms. The van der Waals surface area contributed by atoms with Crippen LogP contribution in [0.25, 0.3) is 0 Å². The summed E-state index contributed by atoms with van der Waals surface area (Å²) in [4.78, 5) is 21.4. The lowest BCUT2D eigenvalue weighted by atomic mass is 10.3. The number of methoxy groups -OCH3 is 1. The van der Waals surface area contributed by atoms with Gasteiger partial charge < -0.3 is 19.3 Å². The van der Waals surface area contributed by atoms with Crippen molar-refractivity contribution in [3.8, 4) is 0 Å². The summed E-state index contributed by atoms with van der Waals surface area (Å²) in [6, 6.07) is 0. The average Bonchev–Trinajstić information content (AvgIpc) is 2.21. The van der Waals surface area contributed by atoms with Crippen molar-refractivity contribution >= 4 is 12.1 Å². The van der Waals surface area contributed by atoms with E-state index in [1.54, 1.807) is 0 Å². The maximum Gasteiger partial charge on any atom is 0.508 e. The highest BCUT2D eigenvalue weighted by atomic mass is 16.7. The first-order chi connectivity index (χ1) is 6.97. The summed E-state index contributed by atoms with van der Waals surface area (Å²) in [5.41, 5.74) is 0.232. The SMILES string of the molecule is C=C(C)C(=O)OCC(O)COC(=O)OC. The van der Waals surface area contributed by atoms with Gasteiger partial charge in [-0.05, 0) is 6.92 Å². The van der Waals surface area contributed by atoms with Gasteiger partial charge in [0.1, 0.15) is 19.3 Å². The normalized spacial score (nSPS) is 11.4. The van der Waals surface area contributed by atoms with Crippen molar-refractivity contribution in [3.05, 3.63) is 12.2 Å². The quantitative estimate of drug-likeness (QED) is 0.526.